The molecule has 0 unspecified atom stereocenters. The van der Waals surface area contributed by atoms with E-state index in [1.54, 1.807) is 17.5 Å². The van der Waals surface area contributed by atoms with E-state index < -0.39 is 24.3 Å². The lowest BCUT2D eigenvalue weighted by molar-refractivity contribution is -0.193. The van der Waals surface area contributed by atoms with Crippen LogP contribution in [0.4, 0.5) is 31.5 Å². The summed E-state index contributed by atoms with van der Waals surface area (Å²) in [7, 11) is 0. The van der Waals surface area contributed by atoms with Gasteiger partial charge in [0.2, 0.25) is 5.13 Å². The van der Waals surface area contributed by atoms with Gasteiger partial charge in [0, 0.05) is 31.9 Å². The fourth-order valence-electron chi connectivity index (χ4n) is 3.31. The summed E-state index contributed by atoms with van der Waals surface area (Å²) in [6.07, 6.45) is -4.41. The zero-order valence-electron chi connectivity index (χ0n) is 19.1. The van der Waals surface area contributed by atoms with Gasteiger partial charge in [0.15, 0.2) is 0 Å². The highest BCUT2D eigenvalue weighted by Crippen LogP contribution is 2.38. The molecule has 206 valence electrons. The zero-order chi connectivity index (χ0) is 27.9. The third-order valence-corrected chi connectivity index (χ3v) is 5.87. The lowest BCUT2D eigenvalue weighted by Crippen LogP contribution is -2.33. The summed E-state index contributed by atoms with van der Waals surface area (Å²) in [5, 5.41) is 24.6. The first-order valence-corrected chi connectivity index (χ1v) is 11.2. The van der Waals surface area contributed by atoms with Crippen LogP contribution in [0.25, 0.3) is 0 Å². The lowest BCUT2D eigenvalue weighted by Gasteiger charge is -2.22. The normalized spacial score (nSPS) is 21.2. The molecular formula is C20H22F6N4O6S. The van der Waals surface area contributed by atoms with E-state index in [1.165, 1.54) is 0 Å². The summed E-state index contributed by atoms with van der Waals surface area (Å²) in [6, 6.07) is 3.97. The van der Waals surface area contributed by atoms with Gasteiger partial charge < -0.3 is 24.6 Å². The summed E-state index contributed by atoms with van der Waals surface area (Å²) in [4.78, 5) is 24.2. The summed E-state index contributed by atoms with van der Waals surface area (Å²) >= 11 is 1.65. The minimum absolute atomic E-state index is 0.0841. The number of aliphatic carboxylic acids is 2. The molecule has 0 saturated carbocycles. The first-order chi connectivity index (χ1) is 17.1. The van der Waals surface area contributed by atoms with Crippen LogP contribution in [-0.4, -0.2) is 81.1 Å². The van der Waals surface area contributed by atoms with Gasteiger partial charge in [-0.3, -0.25) is 4.98 Å². The van der Waals surface area contributed by atoms with Crippen LogP contribution >= 0.6 is 11.3 Å². The van der Waals surface area contributed by atoms with Gasteiger partial charge in [-0.1, -0.05) is 17.4 Å². The second kappa shape index (κ2) is 12.5. The van der Waals surface area contributed by atoms with Crippen LogP contribution in [0, 0.1) is 6.92 Å². The Labute approximate surface area is 209 Å². The Morgan fingerprint density at radius 2 is 1.81 bits per heavy atom. The minimum Gasteiger partial charge on any atom is -0.475 e. The monoisotopic (exact) mass is 560 g/mol. The Morgan fingerprint density at radius 1 is 1.19 bits per heavy atom. The number of carbonyl (C=O) groups is 2. The molecule has 2 aromatic rings. The van der Waals surface area contributed by atoms with Crippen LogP contribution in [0.15, 0.2) is 24.5 Å². The molecule has 2 saturated heterocycles. The molecular weight excluding hydrogens is 538 g/mol. The van der Waals surface area contributed by atoms with Gasteiger partial charge in [-0.05, 0) is 25.0 Å². The Hall–Kier alpha value is -3.05. The second-order valence-corrected chi connectivity index (χ2v) is 9.03. The number of ether oxygens (including phenoxy) is 2. The smallest absolute Gasteiger partial charge is 0.475 e. The standard InChI is InChI=1S/C16H20N4O2S.2C2HF3O2/c1-12-18-19-15(23-12)20-6-4-16(11-20)7-14(10-22-16)21-9-13-3-2-5-17-8-13;2*3-2(4,5)1(6)7/h2-3,5,8,14H,4,6-7,9-11H2,1H3;2*(H,6,7)/t14-,16-;;/m0../s1. The van der Waals surface area contributed by atoms with Gasteiger partial charge in [-0.25, -0.2) is 9.59 Å². The number of anilines is 1. The maximum Gasteiger partial charge on any atom is 0.490 e. The van der Waals surface area contributed by atoms with E-state index in [0.717, 1.165) is 41.6 Å². The van der Waals surface area contributed by atoms with E-state index >= 15 is 0 Å². The second-order valence-electron chi connectivity index (χ2n) is 7.87. The number of hydrogen-bond acceptors (Lipinski definition) is 9. The topological polar surface area (TPSA) is 135 Å². The molecule has 2 aliphatic heterocycles. The lowest BCUT2D eigenvalue weighted by atomic mass is 9.98. The van der Waals surface area contributed by atoms with Gasteiger partial charge in [0.1, 0.15) is 5.01 Å². The third kappa shape index (κ3) is 9.73. The average molecular weight is 560 g/mol. The van der Waals surface area contributed by atoms with E-state index in [9.17, 15) is 26.3 Å². The van der Waals surface area contributed by atoms with Crippen molar-refractivity contribution in [1.29, 1.82) is 0 Å². The average Bonchev–Trinajstić information content (AvgIpc) is 3.53. The van der Waals surface area contributed by atoms with Gasteiger partial charge in [-0.2, -0.15) is 26.3 Å². The number of rotatable bonds is 4. The number of aryl methyl sites for hydroxylation is 1. The van der Waals surface area contributed by atoms with Crippen molar-refractivity contribution in [1.82, 2.24) is 15.2 Å². The molecule has 2 fully saturated rings. The van der Waals surface area contributed by atoms with Gasteiger partial charge >= 0.3 is 24.3 Å². The van der Waals surface area contributed by atoms with Crippen LogP contribution in [0.5, 0.6) is 0 Å². The molecule has 0 aromatic carbocycles. The molecule has 0 radical (unpaired) electrons. The van der Waals surface area contributed by atoms with Crippen molar-refractivity contribution in [3.63, 3.8) is 0 Å². The molecule has 0 amide bonds. The number of aromatic nitrogens is 3. The first kappa shape index (κ1) is 30.2. The fraction of sp³-hybridized carbons (Fsp3) is 0.550. The van der Waals surface area contributed by atoms with Crippen LogP contribution < -0.4 is 4.90 Å². The molecule has 4 rings (SSSR count). The maximum absolute atomic E-state index is 10.6. The van der Waals surface area contributed by atoms with Crippen molar-refractivity contribution in [2.75, 3.05) is 24.6 Å². The van der Waals surface area contributed by atoms with Crippen LogP contribution in [-0.2, 0) is 25.7 Å². The van der Waals surface area contributed by atoms with Gasteiger partial charge in [0.25, 0.3) is 0 Å². The number of halogens is 6. The van der Waals surface area contributed by atoms with Crippen molar-refractivity contribution >= 4 is 28.4 Å². The van der Waals surface area contributed by atoms with E-state index in [2.05, 4.69) is 20.1 Å². The Bertz CT molecular complexity index is 1010. The van der Waals surface area contributed by atoms with E-state index in [0.29, 0.717) is 13.2 Å². The largest absolute Gasteiger partial charge is 0.490 e. The quantitative estimate of drug-likeness (QED) is 0.536. The number of carboxylic acids is 2. The number of pyridine rings is 1. The van der Waals surface area contributed by atoms with Crippen LogP contribution in [0.1, 0.15) is 23.4 Å². The third-order valence-electron chi connectivity index (χ3n) is 4.97. The molecule has 4 heterocycles. The number of hydrogen-bond donors (Lipinski definition) is 2. The molecule has 0 bridgehead atoms. The highest BCUT2D eigenvalue weighted by atomic mass is 32.1. The zero-order valence-corrected chi connectivity index (χ0v) is 19.9. The number of nitrogens with zero attached hydrogens (tertiary/aromatic N) is 4. The van der Waals surface area contributed by atoms with E-state index in [-0.39, 0.29) is 11.7 Å². The summed E-state index contributed by atoms with van der Waals surface area (Å²) < 4.78 is 75.6. The van der Waals surface area contributed by atoms with Crippen LogP contribution in [0.3, 0.4) is 0 Å². The first-order valence-electron chi connectivity index (χ1n) is 10.4. The van der Waals surface area contributed by atoms with Crippen molar-refractivity contribution in [3.05, 3.63) is 35.1 Å². The van der Waals surface area contributed by atoms with Crippen molar-refractivity contribution in [3.8, 4) is 0 Å². The van der Waals surface area contributed by atoms with Crippen LogP contribution in [0.2, 0.25) is 0 Å². The molecule has 2 aromatic heterocycles. The predicted octanol–water partition coefficient (Wildman–Crippen LogP) is 3.46. The SMILES string of the molecule is Cc1nnc(N2CC[C@]3(C[C@H](OCc4cccnc4)CO3)C2)s1.O=C(O)C(F)(F)F.O=C(O)C(F)(F)F. The molecule has 2 aliphatic rings. The van der Waals surface area contributed by atoms with Crippen molar-refractivity contribution < 1.29 is 55.6 Å². The summed E-state index contributed by atoms with van der Waals surface area (Å²) in [5.74, 6) is -5.51. The molecule has 2 atom stereocenters. The number of alkyl halides is 6. The van der Waals surface area contributed by atoms with E-state index in [4.69, 9.17) is 29.3 Å². The molecule has 10 nitrogen and oxygen atoms in total. The molecule has 17 heteroatoms. The Balaban J connectivity index is 0.000000286. The minimum atomic E-state index is -5.08. The van der Waals surface area contributed by atoms with E-state index in [1.807, 2.05) is 25.3 Å². The molecule has 2 N–H and O–H groups in total. The van der Waals surface area contributed by atoms with Gasteiger partial charge in [0.05, 0.1) is 24.9 Å². The highest BCUT2D eigenvalue weighted by molar-refractivity contribution is 7.15. The fourth-order valence-corrected chi connectivity index (χ4v) is 4.03. The van der Waals surface area contributed by atoms with Gasteiger partial charge in [-0.15, -0.1) is 10.2 Å². The van der Waals surface area contributed by atoms with Crippen molar-refractivity contribution in [2.45, 2.75) is 50.4 Å². The Kier molecular flexibility index (Phi) is 10.2. The maximum atomic E-state index is 10.6. The summed E-state index contributed by atoms with van der Waals surface area (Å²) in [5.41, 5.74) is 1.02. The molecule has 37 heavy (non-hydrogen) atoms. The van der Waals surface area contributed by atoms with Crippen molar-refractivity contribution in [2.24, 2.45) is 0 Å². The number of carboxylic acid groups (broad SMARTS) is 2. The molecule has 1 spiro atoms. The molecule has 0 aliphatic carbocycles. The highest BCUT2D eigenvalue weighted by Gasteiger charge is 2.46. The predicted molar refractivity (Wildman–Crippen MR) is 115 cm³/mol. The Morgan fingerprint density at radius 3 is 2.30 bits per heavy atom. The summed E-state index contributed by atoms with van der Waals surface area (Å²) in [6.45, 7) is 5.11.